The Morgan fingerprint density at radius 2 is 1.86 bits per heavy atom. The summed E-state index contributed by atoms with van der Waals surface area (Å²) in [5, 5.41) is 9.63. The van der Waals surface area contributed by atoms with Crippen LogP contribution in [0.4, 0.5) is 5.69 Å². The number of hydrogen-bond acceptors (Lipinski definition) is 3. The molecule has 0 radical (unpaired) electrons. The van der Waals surface area contributed by atoms with Crippen LogP contribution >= 0.6 is 0 Å². The first-order valence-corrected chi connectivity index (χ1v) is 10.1. The third kappa shape index (κ3) is 6.06. The van der Waals surface area contributed by atoms with Crippen molar-refractivity contribution in [3.05, 3.63) is 65.2 Å². The lowest BCUT2D eigenvalue weighted by atomic mass is 9.90. The molecule has 29 heavy (non-hydrogen) atoms. The molecular formula is C23H30N4O2. The number of benzene rings is 2. The van der Waals surface area contributed by atoms with Gasteiger partial charge in [-0.15, -0.1) is 0 Å². The van der Waals surface area contributed by atoms with Crippen molar-refractivity contribution in [1.82, 2.24) is 10.6 Å². The van der Waals surface area contributed by atoms with Crippen molar-refractivity contribution >= 4 is 17.6 Å². The third-order valence-electron chi connectivity index (χ3n) is 4.91. The van der Waals surface area contributed by atoms with Crippen LogP contribution in [0.1, 0.15) is 42.9 Å². The fraction of sp³-hybridized carbons (Fsp3) is 0.391. The Balaban J connectivity index is 1.51. The molecule has 6 nitrogen and oxygen atoms in total. The van der Waals surface area contributed by atoms with Gasteiger partial charge >= 0.3 is 0 Å². The Labute approximate surface area is 172 Å². The van der Waals surface area contributed by atoms with E-state index in [-0.39, 0.29) is 17.9 Å². The summed E-state index contributed by atoms with van der Waals surface area (Å²) in [6.45, 7) is 6.03. The monoisotopic (exact) mass is 394 g/mol. The number of nitrogens with zero attached hydrogens (tertiary/aromatic N) is 1. The predicted octanol–water partition coefficient (Wildman–Crippen LogP) is 3.40. The van der Waals surface area contributed by atoms with E-state index >= 15 is 0 Å². The molecule has 1 amide bonds. The van der Waals surface area contributed by atoms with E-state index in [2.05, 4.69) is 51.3 Å². The molecule has 1 heterocycles. The number of para-hydroxylation sites is 1. The Bertz CT molecular complexity index is 846. The lowest BCUT2D eigenvalue weighted by Gasteiger charge is -2.26. The van der Waals surface area contributed by atoms with Crippen molar-refractivity contribution in [1.29, 1.82) is 0 Å². The number of rotatable bonds is 7. The summed E-state index contributed by atoms with van der Waals surface area (Å²) < 4.78 is 5.63. The fourth-order valence-corrected chi connectivity index (χ4v) is 3.33. The van der Waals surface area contributed by atoms with Crippen molar-refractivity contribution in [3.63, 3.8) is 0 Å². The van der Waals surface area contributed by atoms with Crippen molar-refractivity contribution < 1.29 is 9.53 Å². The van der Waals surface area contributed by atoms with Crippen molar-refractivity contribution in [2.75, 3.05) is 18.9 Å². The van der Waals surface area contributed by atoms with E-state index in [1.165, 1.54) is 11.1 Å². The molecular weight excluding hydrogens is 364 g/mol. The van der Waals surface area contributed by atoms with Gasteiger partial charge in [0.1, 0.15) is 0 Å². The smallest absolute Gasteiger partial charge is 0.225 e. The number of hydrogen-bond donors (Lipinski definition) is 3. The van der Waals surface area contributed by atoms with Crippen LogP contribution in [0.5, 0.6) is 0 Å². The first-order valence-electron chi connectivity index (χ1n) is 10.1. The maximum atomic E-state index is 12.0. The highest BCUT2D eigenvalue weighted by atomic mass is 16.5. The van der Waals surface area contributed by atoms with Crippen LogP contribution in [0.25, 0.3) is 0 Å². The van der Waals surface area contributed by atoms with Gasteiger partial charge < -0.3 is 20.7 Å². The SMILES string of the molecule is CN=C(NCc1ccc(COC(C)C)cc1)NCC1CC(=O)Nc2ccccc21. The van der Waals surface area contributed by atoms with E-state index < -0.39 is 0 Å². The number of aliphatic imine (C=N–C) groups is 1. The second-order valence-electron chi connectivity index (χ2n) is 7.52. The number of carbonyl (C=O) groups is 1. The van der Waals surface area contributed by atoms with E-state index in [0.29, 0.717) is 26.1 Å². The molecule has 0 fully saturated rings. The van der Waals surface area contributed by atoms with Gasteiger partial charge in [0.05, 0.1) is 12.7 Å². The van der Waals surface area contributed by atoms with Crippen molar-refractivity contribution in [3.8, 4) is 0 Å². The molecule has 0 saturated heterocycles. The molecule has 0 aliphatic carbocycles. The maximum absolute atomic E-state index is 12.0. The molecule has 154 valence electrons. The standard InChI is InChI=1S/C23H30N4O2/c1-16(2)29-15-18-10-8-17(9-11-18)13-25-23(24-3)26-14-19-12-22(28)27-21-7-5-4-6-20(19)21/h4-11,16,19H,12-15H2,1-3H3,(H,27,28)(H2,24,25,26). The highest BCUT2D eigenvalue weighted by Crippen LogP contribution is 2.31. The van der Waals surface area contributed by atoms with Gasteiger partial charge in [0.25, 0.3) is 0 Å². The Kier molecular flexibility index (Phi) is 7.25. The Morgan fingerprint density at radius 1 is 1.14 bits per heavy atom. The second kappa shape index (κ2) is 10.1. The summed E-state index contributed by atoms with van der Waals surface area (Å²) in [6.07, 6.45) is 0.703. The summed E-state index contributed by atoms with van der Waals surface area (Å²) in [5.74, 6) is 0.902. The Morgan fingerprint density at radius 3 is 2.59 bits per heavy atom. The van der Waals surface area contributed by atoms with E-state index in [9.17, 15) is 4.79 Å². The molecule has 0 aromatic heterocycles. The zero-order valence-electron chi connectivity index (χ0n) is 17.4. The molecule has 0 bridgehead atoms. The van der Waals surface area contributed by atoms with Gasteiger partial charge in [-0.05, 0) is 36.6 Å². The topological polar surface area (TPSA) is 74.8 Å². The maximum Gasteiger partial charge on any atom is 0.225 e. The number of carbonyl (C=O) groups excluding carboxylic acids is 1. The molecule has 1 aliphatic rings. The lowest BCUT2D eigenvalue weighted by molar-refractivity contribution is -0.116. The fourth-order valence-electron chi connectivity index (χ4n) is 3.33. The summed E-state index contributed by atoms with van der Waals surface area (Å²) >= 11 is 0. The summed E-state index contributed by atoms with van der Waals surface area (Å²) in [5.41, 5.74) is 4.40. The highest BCUT2D eigenvalue weighted by molar-refractivity contribution is 5.94. The minimum atomic E-state index is 0.0555. The quantitative estimate of drug-likeness (QED) is 0.497. The van der Waals surface area contributed by atoms with E-state index in [1.807, 2.05) is 32.0 Å². The van der Waals surface area contributed by atoms with Crippen molar-refractivity contribution in [2.45, 2.75) is 45.4 Å². The van der Waals surface area contributed by atoms with Crippen LogP contribution < -0.4 is 16.0 Å². The first kappa shape index (κ1) is 20.9. The van der Waals surface area contributed by atoms with Crippen LogP contribution in [-0.2, 0) is 22.7 Å². The second-order valence-corrected chi connectivity index (χ2v) is 7.52. The summed E-state index contributed by atoms with van der Waals surface area (Å²) in [7, 11) is 1.75. The number of anilines is 1. The van der Waals surface area contributed by atoms with E-state index in [0.717, 1.165) is 17.2 Å². The molecule has 2 aromatic carbocycles. The van der Waals surface area contributed by atoms with Crippen LogP contribution in [-0.4, -0.2) is 31.6 Å². The van der Waals surface area contributed by atoms with Gasteiger partial charge in [0.2, 0.25) is 5.91 Å². The molecule has 3 N–H and O–H groups in total. The average molecular weight is 395 g/mol. The van der Waals surface area contributed by atoms with Crippen molar-refractivity contribution in [2.24, 2.45) is 4.99 Å². The predicted molar refractivity (Wildman–Crippen MR) is 117 cm³/mol. The van der Waals surface area contributed by atoms with Gasteiger partial charge in [-0.25, -0.2) is 0 Å². The lowest BCUT2D eigenvalue weighted by Crippen LogP contribution is -2.40. The summed E-state index contributed by atoms with van der Waals surface area (Å²) in [4.78, 5) is 16.3. The van der Waals surface area contributed by atoms with Crippen LogP contribution in [0.3, 0.4) is 0 Å². The van der Waals surface area contributed by atoms with Crippen LogP contribution in [0, 0.1) is 0 Å². The van der Waals surface area contributed by atoms with Crippen LogP contribution in [0.2, 0.25) is 0 Å². The van der Waals surface area contributed by atoms with E-state index in [1.54, 1.807) is 7.05 Å². The highest BCUT2D eigenvalue weighted by Gasteiger charge is 2.24. The minimum Gasteiger partial charge on any atom is -0.374 e. The zero-order chi connectivity index (χ0) is 20.6. The van der Waals surface area contributed by atoms with Gasteiger partial charge in [-0.2, -0.15) is 0 Å². The van der Waals surface area contributed by atoms with Gasteiger partial charge in [0.15, 0.2) is 5.96 Å². The largest absolute Gasteiger partial charge is 0.374 e. The molecule has 1 unspecified atom stereocenters. The number of nitrogens with one attached hydrogen (secondary N) is 3. The number of fused-ring (bicyclic) bond motifs is 1. The molecule has 2 aromatic rings. The molecule has 1 atom stereocenters. The molecule has 0 spiro atoms. The van der Waals surface area contributed by atoms with Gasteiger partial charge in [0, 0.05) is 38.2 Å². The zero-order valence-corrected chi connectivity index (χ0v) is 17.4. The normalized spacial score (nSPS) is 16.3. The van der Waals surface area contributed by atoms with E-state index in [4.69, 9.17) is 4.74 Å². The number of ether oxygens (including phenoxy) is 1. The number of guanidine groups is 1. The van der Waals surface area contributed by atoms with Gasteiger partial charge in [-0.1, -0.05) is 42.5 Å². The Hall–Kier alpha value is -2.86. The number of amides is 1. The third-order valence-corrected chi connectivity index (χ3v) is 4.91. The molecule has 0 saturated carbocycles. The molecule has 1 aliphatic heterocycles. The molecule has 3 rings (SSSR count). The average Bonchev–Trinajstić information content (AvgIpc) is 2.72. The minimum absolute atomic E-state index is 0.0555. The molecule has 6 heteroatoms. The first-order chi connectivity index (χ1) is 14.0. The van der Waals surface area contributed by atoms with Gasteiger partial charge in [-0.3, -0.25) is 9.79 Å². The summed E-state index contributed by atoms with van der Waals surface area (Å²) in [6, 6.07) is 16.3. The van der Waals surface area contributed by atoms with Crippen LogP contribution in [0.15, 0.2) is 53.5 Å².